The molecule has 6 heteroatoms. The smallest absolute Gasteiger partial charge is 0.325 e. The van der Waals surface area contributed by atoms with Gasteiger partial charge in [0.05, 0.1) is 7.11 Å². The molecule has 0 spiro atoms. The molecule has 0 saturated heterocycles. The van der Waals surface area contributed by atoms with Gasteiger partial charge in [-0.05, 0) is 30.3 Å². The standard InChI is InChI=1S/C17H16N2O4/c1-23-15(20)11-18-16(21)13-8-5-9-14(10-13)19-17(22)12-6-3-2-4-7-12/h2-10H,11H2,1H3,(H,18,21)(H,19,22). The molecular formula is C17H16N2O4. The molecule has 0 heterocycles. The monoisotopic (exact) mass is 312 g/mol. The van der Waals surface area contributed by atoms with Crippen LogP contribution in [0.5, 0.6) is 0 Å². The number of amides is 2. The Morgan fingerprint density at radius 1 is 0.913 bits per heavy atom. The van der Waals surface area contributed by atoms with Crippen molar-refractivity contribution >= 4 is 23.5 Å². The fraction of sp³-hybridized carbons (Fsp3) is 0.118. The second-order valence-electron chi connectivity index (χ2n) is 4.66. The maximum atomic E-state index is 12.1. The van der Waals surface area contributed by atoms with Gasteiger partial charge in [-0.25, -0.2) is 0 Å². The van der Waals surface area contributed by atoms with Gasteiger partial charge in [0.25, 0.3) is 11.8 Å². The lowest BCUT2D eigenvalue weighted by atomic mass is 10.1. The summed E-state index contributed by atoms with van der Waals surface area (Å²) in [4.78, 5) is 35.0. The number of rotatable bonds is 5. The van der Waals surface area contributed by atoms with E-state index in [0.717, 1.165) is 0 Å². The molecule has 2 amide bonds. The highest BCUT2D eigenvalue weighted by Crippen LogP contribution is 2.12. The van der Waals surface area contributed by atoms with Crippen molar-refractivity contribution in [3.05, 3.63) is 65.7 Å². The van der Waals surface area contributed by atoms with Crippen LogP contribution in [0.2, 0.25) is 0 Å². The third-order valence-corrected chi connectivity index (χ3v) is 3.04. The lowest BCUT2D eigenvalue weighted by Gasteiger charge is -2.08. The lowest BCUT2D eigenvalue weighted by Crippen LogP contribution is -2.30. The summed E-state index contributed by atoms with van der Waals surface area (Å²) in [6.45, 7) is -0.212. The van der Waals surface area contributed by atoms with Crippen LogP contribution >= 0.6 is 0 Å². The fourth-order valence-corrected chi connectivity index (χ4v) is 1.86. The summed E-state index contributed by atoms with van der Waals surface area (Å²) in [5.41, 5.74) is 1.34. The number of methoxy groups -OCH3 is 1. The van der Waals surface area contributed by atoms with E-state index >= 15 is 0 Å². The van der Waals surface area contributed by atoms with Crippen LogP contribution in [0, 0.1) is 0 Å². The predicted molar refractivity (Wildman–Crippen MR) is 85.2 cm³/mol. The van der Waals surface area contributed by atoms with Crippen LogP contribution in [0.4, 0.5) is 5.69 Å². The normalized spacial score (nSPS) is 9.78. The van der Waals surface area contributed by atoms with Gasteiger partial charge in [0, 0.05) is 16.8 Å². The zero-order valence-corrected chi connectivity index (χ0v) is 12.5. The highest BCUT2D eigenvalue weighted by atomic mass is 16.5. The van der Waals surface area contributed by atoms with Gasteiger partial charge in [0.2, 0.25) is 0 Å². The molecule has 6 nitrogen and oxygen atoms in total. The molecule has 2 N–H and O–H groups in total. The van der Waals surface area contributed by atoms with E-state index in [4.69, 9.17) is 0 Å². The first kappa shape index (κ1) is 16.2. The summed E-state index contributed by atoms with van der Waals surface area (Å²) in [5.74, 6) is -1.23. The number of nitrogens with one attached hydrogen (secondary N) is 2. The van der Waals surface area contributed by atoms with Crippen molar-refractivity contribution in [3.63, 3.8) is 0 Å². The largest absolute Gasteiger partial charge is 0.468 e. The molecule has 118 valence electrons. The molecule has 0 unspecified atom stereocenters. The Bertz CT molecular complexity index is 714. The number of esters is 1. The van der Waals surface area contributed by atoms with Crippen LogP contribution in [-0.2, 0) is 9.53 Å². The van der Waals surface area contributed by atoms with Crippen molar-refractivity contribution in [2.45, 2.75) is 0 Å². The number of carbonyl (C=O) groups is 3. The Hall–Kier alpha value is -3.15. The minimum absolute atomic E-state index is 0.212. The first-order valence-electron chi connectivity index (χ1n) is 6.91. The molecule has 2 aromatic carbocycles. The van der Waals surface area contributed by atoms with Crippen LogP contribution in [0.3, 0.4) is 0 Å². The third kappa shape index (κ3) is 4.67. The number of hydrogen-bond donors (Lipinski definition) is 2. The minimum atomic E-state index is -0.535. The van der Waals surface area contributed by atoms with Crippen LogP contribution in [-0.4, -0.2) is 31.4 Å². The van der Waals surface area contributed by atoms with E-state index < -0.39 is 11.9 Å². The molecule has 0 aliphatic carbocycles. The molecular weight excluding hydrogens is 296 g/mol. The number of hydrogen-bond acceptors (Lipinski definition) is 4. The van der Waals surface area contributed by atoms with Gasteiger partial charge in [-0.1, -0.05) is 24.3 Å². The van der Waals surface area contributed by atoms with E-state index in [2.05, 4.69) is 15.4 Å². The van der Waals surface area contributed by atoms with E-state index in [1.807, 2.05) is 6.07 Å². The van der Waals surface area contributed by atoms with E-state index in [1.54, 1.807) is 42.5 Å². The summed E-state index contributed by atoms with van der Waals surface area (Å²) in [5, 5.41) is 5.15. The Balaban J connectivity index is 2.03. The van der Waals surface area contributed by atoms with Gasteiger partial charge < -0.3 is 15.4 Å². The predicted octanol–water partition coefficient (Wildman–Crippen LogP) is 1.84. The van der Waals surface area contributed by atoms with E-state index in [0.29, 0.717) is 16.8 Å². The first-order valence-corrected chi connectivity index (χ1v) is 6.91. The highest BCUT2D eigenvalue weighted by Gasteiger charge is 2.10. The first-order chi connectivity index (χ1) is 11.1. The van der Waals surface area contributed by atoms with Crippen molar-refractivity contribution in [2.24, 2.45) is 0 Å². The second-order valence-corrected chi connectivity index (χ2v) is 4.66. The van der Waals surface area contributed by atoms with Crippen molar-refractivity contribution in [1.82, 2.24) is 5.32 Å². The molecule has 23 heavy (non-hydrogen) atoms. The number of anilines is 1. The summed E-state index contributed by atoms with van der Waals surface area (Å²) in [7, 11) is 1.24. The van der Waals surface area contributed by atoms with Crippen LogP contribution in [0.1, 0.15) is 20.7 Å². The maximum Gasteiger partial charge on any atom is 0.325 e. The molecule has 0 aliphatic heterocycles. The van der Waals surface area contributed by atoms with Gasteiger partial charge >= 0.3 is 5.97 Å². The third-order valence-electron chi connectivity index (χ3n) is 3.04. The van der Waals surface area contributed by atoms with Crippen molar-refractivity contribution < 1.29 is 19.1 Å². The summed E-state index contributed by atoms with van der Waals surface area (Å²) >= 11 is 0. The Morgan fingerprint density at radius 3 is 2.30 bits per heavy atom. The van der Waals surface area contributed by atoms with Crippen LogP contribution < -0.4 is 10.6 Å². The highest BCUT2D eigenvalue weighted by molar-refractivity contribution is 6.05. The van der Waals surface area contributed by atoms with Gasteiger partial charge in [-0.15, -0.1) is 0 Å². The van der Waals surface area contributed by atoms with Crippen LogP contribution in [0.25, 0.3) is 0 Å². The molecule has 2 aromatic rings. The van der Waals surface area contributed by atoms with Gasteiger partial charge in [0.1, 0.15) is 6.54 Å². The topological polar surface area (TPSA) is 84.5 Å². The lowest BCUT2D eigenvalue weighted by molar-refractivity contribution is -0.139. The zero-order chi connectivity index (χ0) is 16.7. The van der Waals surface area contributed by atoms with Gasteiger partial charge in [-0.3, -0.25) is 14.4 Å². The molecule has 0 fully saturated rings. The zero-order valence-electron chi connectivity index (χ0n) is 12.5. The Labute approximate surface area is 133 Å². The molecule has 0 saturated carbocycles. The maximum absolute atomic E-state index is 12.1. The average Bonchev–Trinajstić information content (AvgIpc) is 2.60. The van der Waals surface area contributed by atoms with Crippen molar-refractivity contribution in [1.29, 1.82) is 0 Å². The van der Waals surface area contributed by atoms with Gasteiger partial charge in [0.15, 0.2) is 0 Å². The molecule has 0 radical (unpaired) electrons. The summed E-state index contributed by atoms with van der Waals surface area (Å²) in [6.07, 6.45) is 0. The molecule has 0 bridgehead atoms. The minimum Gasteiger partial charge on any atom is -0.468 e. The molecule has 0 atom stereocenters. The fourth-order valence-electron chi connectivity index (χ4n) is 1.86. The molecule has 0 aliphatic rings. The van der Waals surface area contributed by atoms with Crippen molar-refractivity contribution in [2.75, 3.05) is 19.0 Å². The van der Waals surface area contributed by atoms with E-state index in [1.165, 1.54) is 13.2 Å². The summed E-state index contributed by atoms with van der Waals surface area (Å²) < 4.78 is 4.45. The SMILES string of the molecule is COC(=O)CNC(=O)c1cccc(NC(=O)c2ccccc2)c1. The number of benzene rings is 2. The number of carbonyl (C=O) groups excluding carboxylic acids is 3. The molecule has 0 aromatic heterocycles. The van der Waals surface area contributed by atoms with Gasteiger partial charge in [-0.2, -0.15) is 0 Å². The Morgan fingerprint density at radius 2 is 1.61 bits per heavy atom. The Kier molecular flexibility index (Phi) is 5.46. The summed E-state index contributed by atoms with van der Waals surface area (Å²) in [6, 6.07) is 15.2. The number of ether oxygens (including phenoxy) is 1. The quantitative estimate of drug-likeness (QED) is 0.825. The van der Waals surface area contributed by atoms with Crippen molar-refractivity contribution in [3.8, 4) is 0 Å². The van der Waals surface area contributed by atoms with E-state index in [-0.39, 0.29) is 12.5 Å². The van der Waals surface area contributed by atoms with E-state index in [9.17, 15) is 14.4 Å². The van der Waals surface area contributed by atoms with Crippen LogP contribution in [0.15, 0.2) is 54.6 Å². The average molecular weight is 312 g/mol. The second kappa shape index (κ2) is 7.74. The molecule has 2 rings (SSSR count).